The van der Waals surface area contributed by atoms with E-state index in [9.17, 15) is 0 Å². The van der Waals surface area contributed by atoms with Gasteiger partial charge in [0.25, 0.3) is 0 Å². The predicted molar refractivity (Wildman–Crippen MR) is 73.9 cm³/mol. The first-order chi connectivity index (χ1) is 8.29. The topological polar surface area (TPSA) is 35.8 Å². The van der Waals surface area contributed by atoms with Crippen molar-refractivity contribution in [3.05, 3.63) is 39.9 Å². The molecule has 0 atom stereocenters. The van der Waals surface area contributed by atoms with Crippen LogP contribution in [0.4, 0.5) is 5.69 Å². The van der Waals surface area contributed by atoms with Crippen molar-refractivity contribution in [3.8, 4) is 6.07 Å². The van der Waals surface area contributed by atoms with Crippen LogP contribution in [0.2, 0.25) is 0 Å². The van der Waals surface area contributed by atoms with E-state index in [0.29, 0.717) is 5.56 Å². The van der Waals surface area contributed by atoms with E-state index in [1.165, 1.54) is 19.3 Å². The largest absolute Gasteiger partial charge is 0.384 e. The maximum atomic E-state index is 8.77. The van der Waals surface area contributed by atoms with E-state index in [4.69, 9.17) is 5.26 Å². The van der Waals surface area contributed by atoms with Crippen LogP contribution < -0.4 is 5.32 Å². The van der Waals surface area contributed by atoms with Crippen molar-refractivity contribution in [2.24, 2.45) is 0 Å². The summed E-state index contributed by atoms with van der Waals surface area (Å²) in [6, 6.07) is 7.76. The number of nitrogens with one attached hydrogen (secondary N) is 1. The van der Waals surface area contributed by atoms with E-state index in [2.05, 4.69) is 33.4 Å². The summed E-state index contributed by atoms with van der Waals surface area (Å²) in [4.78, 5) is 0. The quantitative estimate of drug-likeness (QED) is 0.842. The smallest absolute Gasteiger partial charge is 0.0992 e. The fourth-order valence-electron chi connectivity index (χ4n) is 2.05. The molecule has 3 heteroatoms. The highest BCUT2D eigenvalue weighted by molar-refractivity contribution is 9.10. The Morgan fingerprint density at radius 3 is 2.94 bits per heavy atom. The molecular formula is C14H15BrN2. The Bertz CT molecular complexity index is 472. The van der Waals surface area contributed by atoms with Crippen LogP contribution in [0.1, 0.15) is 31.2 Å². The minimum Gasteiger partial charge on any atom is -0.384 e. The van der Waals surface area contributed by atoms with Gasteiger partial charge in [0.2, 0.25) is 0 Å². The Morgan fingerprint density at radius 1 is 1.41 bits per heavy atom. The lowest BCUT2D eigenvalue weighted by Gasteiger charge is -2.09. The first-order valence-electron chi connectivity index (χ1n) is 5.91. The zero-order valence-electron chi connectivity index (χ0n) is 9.67. The normalized spacial score (nSPS) is 14.2. The fourth-order valence-corrected chi connectivity index (χ4v) is 2.57. The third-order valence-corrected chi connectivity index (χ3v) is 3.65. The number of hydrogen-bond acceptors (Lipinski definition) is 2. The van der Waals surface area contributed by atoms with Crippen LogP contribution in [-0.4, -0.2) is 6.54 Å². The molecule has 0 radical (unpaired) electrons. The van der Waals surface area contributed by atoms with Crippen molar-refractivity contribution in [3.63, 3.8) is 0 Å². The highest BCUT2D eigenvalue weighted by atomic mass is 79.9. The van der Waals surface area contributed by atoms with Crippen LogP contribution >= 0.6 is 15.9 Å². The van der Waals surface area contributed by atoms with Gasteiger partial charge in [-0.15, -0.1) is 0 Å². The van der Waals surface area contributed by atoms with Crippen LogP contribution in [0.25, 0.3) is 0 Å². The molecule has 88 valence electrons. The molecule has 1 aliphatic rings. The van der Waals surface area contributed by atoms with Gasteiger partial charge in [0.15, 0.2) is 0 Å². The zero-order valence-corrected chi connectivity index (χ0v) is 11.3. The average molecular weight is 291 g/mol. The van der Waals surface area contributed by atoms with Gasteiger partial charge < -0.3 is 5.32 Å². The van der Waals surface area contributed by atoms with E-state index < -0.39 is 0 Å². The van der Waals surface area contributed by atoms with E-state index in [1.54, 1.807) is 5.57 Å². The monoisotopic (exact) mass is 290 g/mol. The summed E-state index contributed by atoms with van der Waals surface area (Å²) in [5.41, 5.74) is 3.31. The van der Waals surface area contributed by atoms with Crippen molar-refractivity contribution in [2.75, 3.05) is 11.9 Å². The van der Waals surface area contributed by atoms with Gasteiger partial charge in [-0.1, -0.05) is 11.6 Å². The minimum absolute atomic E-state index is 0.681. The molecule has 2 rings (SSSR count). The Morgan fingerprint density at radius 2 is 2.29 bits per heavy atom. The Kier molecular flexibility index (Phi) is 4.22. The number of nitrogens with zero attached hydrogens (tertiary/aromatic N) is 1. The number of nitriles is 1. The van der Waals surface area contributed by atoms with Crippen LogP contribution in [0.3, 0.4) is 0 Å². The van der Waals surface area contributed by atoms with Crippen LogP contribution in [0, 0.1) is 11.3 Å². The lowest BCUT2D eigenvalue weighted by molar-refractivity contribution is 0.863. The van der Waals surface area contributed by atoms with Gasteiger partial charge in [0, 0.05) is 16.7 Å². The number of anilines is 1. The molecule has 17 heavy (non-hydrogen) atoms. The van der Waals surface area contributed by atoms with Gasteiger partial charge in [0.05, 0.1) is 11.6 Å². The number of halogens is 1. The molecule has 2 nitrogen and oxygen atoms in total. The second kappa shape index (κ2) is 5.88. The van der Waals surface area contributed by atoms with Crippen molar-refractivity contribution in [2.45, 2.75) is 25.7 Å². The fraction of sp³-hybridized carbons (Fsp3) is 0.357. The molecule has 0 amide bonds. The number of benzene rings is 1. The molecular weight excluding hydrogens is 276 g/mol. The molecule has 0 unspecified atom stereocenters. The van der Waals surface area contributed by atoms with Gasteiger partial charge in [-0.3, -0.25) is 0 Å². The summed E-state index contributed by atoms with van der Waals surface area (Å²) in [5.74, 6) is 0. The van der Waals surface area contributed by atoms with Crippen molar-refractivity contribution >= 4 is 21.6 Å². The standard InChI is InChI=1S/C14H15BrN2/c15-13-9-12(10-16)5-6-14(13)17-8-7-11-3-1-2-4-11/h3,5-6,9,17H,1-2,4,7-8H2. The number of hydrogen-bond donors (Lipinski definition) is 1. The van der Waals surface area contributed by atoms with E-state index in [1.807, 2.05) is 18.2 Å². The molecule has 1 N–H and O–H groups in total. The Balaban J connectivity index is 1.88. The maximum absolute atomic E-state index is 8.77. The molecule has 0 aromatic heterocycles. The van der Waals surface area contributed by atoms with Gasteiger partial charge in [0.1, 0.15) is 0 Å². The predicted octanol–water partition coefficient (Wildman–Crippen LogP) is 4.23. The van der Waals surface area contributed by atoms with Gasteiger partial charge in [-0.2, -0.15) is 5.26 Å². The highest BCUT2D eigenvalue weighted by Gasteiger charge is 2.05. The molecule has 1 aromatic rings. The zero-order chi connectivity index (χ0) is 12.1. The molecule has 0 aliphatic heterocycles. The lowest BCUT2D eigenvalue weighted by Crippen LogP contribution is -2.02. The first kappa shape index (κ1) is 12.2. The molecule has 0 heterocycles. The second-order valence-electron chi connectivity index (χ2n) is 4.24. The Hall–Kier alpha value is -1.27. The van der Waals surface area contributed by atoms with Crippen LogP contribution in [0.15, 0.2) is 34.3 Å². The third-order valence-electron chi connectivity index (χ3n) is 2.99. The van der Waals surface area contributed by atoms with Gasteiger partial charge in [-0.05, 0) is 59.8 Å². The van der Waals surface area contributed by atoms with Gasteiger partial charge >= 0.3 is 0 Å². The molecule has 0 spiro atoms. The summed E-state index contributed by atoms with van der Waals surface area (Å²) in [6.07, 6.45) is 7.30. The van der Waals surface area contributed by atoms with E-state index >= 15 is 0 Å². The molecule has 1 aliphatic carbocycles. The van der Waals surface area contributed by atoms with Gasteiger partial charge in [-0.25, -0.2) is 0 Å². The van der Waals surface area contributed by atoms with E-state index in [0.717, 1.165) is 23.1 Å². The second-order valence-corrected chi connectivity index (χ2v) is 5.09. The molecule has 0 saturated heterocycles. The third kappa shape index (κ3) is 3.34. The van der Waals surface area contributed by atoms with E-state index in [-0.39, 0.29) is 0 Å². The summed E-state index contributed by atoms with van der Waals surface area (Å²) >= 11 is 3.47. The van der Waals surface area contributed by atoms with Crippen molar-refractivity contribution < 1.29 is 0 Å². The average Bonchev–Trinajstić information content (AvgIpc) is 2.84. The van der Waals surface area contributed by atoms with Crippen molar-refractivity contribution in [1.82, 2.24) is 0 Å². The lowest BCUT2D eigenvalue weighted by atomic mass is 10.1. The highest BCUT2D eigenvalue weighted by Crippen LogP contribution is 2.24. The SMILES string of the molecule is N#Cc1ccc(NCCC2=CCCC2)c(Br)c1. The first-order valence-corrected chi connectivity index (χ1v) is 6.70. The van der Waals surface area contributed by atoms with Crippen LogP contribution in [-0.2, 0) is 0 Å². The molecule has 1 aromatic carbocycles. The maximum Gasteiger partial charge on any atom is 0.0992 e. The summed E-state index contributed by atoms with van der Waals surface area (Å²) in [6.45, 7) is 0.955. The summed E-state index contributed by atoms with van der Waals surface area (Å²) in [5, 5.41) is 12.2. The number of allylic oxidation sites excluding steroid dienone is 1. The van der Waals surface area contributed by atoms with Crippen LogP contribution in [0.5, 0.6) is 0 Å². The summed E-state index contributed by atoms with van der Waals surface area (Å²) in [7, 11) is 0. The minimum atomic E-state index is 0.681. The Labute approximate surface area is 110 Å². The van der Waals surface area contributed by atoms with Crippen molar-refractivity contribution in [1.29, 1.82) is 5.26 Å². The number of rotatable bonds is 4. The molecule has 0 saturated carbocycles. The summed E-state index contributed by atoms with van der Waals surface area (Å²) < 4.78 is 0.956. The molecule has 0 fully saturated rings. The molecule has 0 bridgehead atoms.